The van der Waals surface area contributed by atoms with Crippen LogP contribution in [0.1, 0.15) is 5.56 Å². The summed E-state index contributed by atoms with van der Waals surface area (Å²) < 4.78 is 5.72. The van der Waals surface area contributed by atoms with Crippen molar-refractivity contribution in [3.63, 3.8) is 0 Å². The number of hydrogen-bond donors (Lipinski definition) is 0. The molecule has 1 heterocycles. The summed E-state index contributed by atoms with van der Waals surface area (Å²) in [6.07, 6.45) is 0. The van der Waals surface area contributed by atoms with Crippen molar-refractivity contribution >= 4 is 22.7 Å². The highest BCUT2D eigenvalue weighted by Crippen LogP contribution is 2.26. The van der Waals surface area contributed by atoms with Gasteiger partial charge < -0.3 is 4.42 Å². The number of oxazole rings is 1. The number of nitrogens with zero attached hydrogens (tertiary/aromatic N) is 1. The Labute approximate surface area is 104 Å². The number of rotatable bonds is 1. The molecule has 3 aromatic rings. The van der Waals surface area contributed by atoms with Crippen LogP contribution in [0.4, 0.5) is 0 Å². The zero-order valence-electron chi connectivity index (χ0n) is 9.27. The van der Waals surface area contributed by atoms with E-state index in [0.29, 0.717) is 10.9 Å². The zero-order valence-corrected chi connectivity index (χ0v) is 10.0. The van der Waals surface area contributed by atoms with Crippen LogP contribution in [-0.4, -0.2) is 4.98 Å². The molecule has 0 unspecified atom stereocenters. The molecule has 0 aliphatic rings. The fraction of sp³-hybridized carbons (Fsp3) is 0.0714. The number of para-hydroxylation sites is 1. The maximum atomic E-state index is 5.85. The molecule has 2 aromatic carbocycles. The van der Waals surface area contributed by atoms with Crippen molar-refractivity contribution in [2.45, 2.75) is 6.92 Å². The van der Waals surface area contributed by atoms with E-state index in [9.17, 15) is 0 Å². The first-order chi connectivity index (χ1) is 8.24. The molecule has 84 valence electrons. The van der Waals surface area contributed by atoms with Crippen LogP contribution in [0.25, 0.3) is 22.6 Å². The second kappa shape index (κ2) is 3.90. The van der Waals surface area contributed by atoms with Gasteiger partial charge in [0, 0.05) is 10.6 Å². The first-order valence-corrected chi connectivity index (χ1v) is 5.74. The Kier molecular flexibility index (Phi) is 2.37. The van der Waals surface area contributed by atoms with Gasteiger partial charge in [-0.25, -0.2) is 4.98 Å². The first kappa shape index (κ1) is 10.4. The Balaban J connectivity index is 2.18. The van der Waals surface area contributed by atoms with Crippen LogP contribution in [-0.2, 0) is 0 Å². The van der Waals surface area contributed by atoms with E-state index in [1.54, 1.807) is 0 Å². The third kappa shape index (κ3) is 1.81. The van der Waals surface area contributed by atoms with E-state index < -0.39 is 0 Å². The molecule has 0 aliphatic heterocycles. The highest BCUT2D eigenvalue weighted by molar-refractivity contribution is 6.30. The van der Waals surface area contributed by atoms with Crippen molar-refractivity contribution in [1.29, 1.82) is 0 Å². The molecule has 0 atom stereocenters. The van der Waals surface area contributed by atoms with Crippen LogP contribution in [0.3, 0.4) is 0 Å². The smallest absolute Gasteiger partial charge is 0.227 e. The van der Waals surface area contributed by atoms with Gasteiger partial charge in [0.2, 0.25) is 5.89 Å². The van der Waals surface area contributed by atoms with Crippen molar-refractivity contribution in [2.75, 3.05) is 0 Å². The zero-order chi connectivity index (χ0) is 11.8. The Morgan fingerprint density at radius 3 is 2.53 bits per heavy atom. The minimum absolute atomic E-state index is 0.631. The molecule has 0 N–H and O–H groups in total. The molecule has 1 aromatic heterocycles. The van der Waals surface area contributed by atoms with Crippen LogP contribution < -0.4 is 0 Å². The average molecular weight is 244 g/mol. The molecular formula is C14H10ClNO. The van der Waals surface area contributed by atoms with Crippen molar-refractivity contribution in [2.24, 2.45) is 0 Å². The Morgan fingerprint density at radius 2 is 1.82 bits per heavy atom. The van der Waals surface area contributed by atoms with E-state index in [1.165, 1.54) is 0 Å². The molecule has 0 saturated heterocycles. The van der Waals surface area contributed by atoms with Crippen LogP contribution in [0.5, 0.6) is 0 Å². The molecule has 0 bridgehead atoms. The predicted octanol–water partition coefficient (Wildman–Crippen LogP) is 4.46. The Morgan fingerprint density at radius 1 is 1.06 bits per heavy atom. The van der Waals surface area contributed by atoms with Crippen molar-refractivity contribution in [3.8, 4) is 11.5 Å². The van der Waals surface area contributed by atoms with Crippen molar-refractivity contribution in [3.05, 3.63) is 53.1 Å². The van der Waals surface area contributed by atoms with Crippen LogP contribution in [0.2, 0.25) is 5.02 Å². The third-order valence-corrected chi connectivity index (χ3v) is 2.96. The monoisotopic (exact) mass is 243 g/mol. The first-order valence-electron chi connectivity index (χ1n) is 5.36. The van der Waals surface area contributed by atoms with Gasteiger partial charge in [0.05, 0.1) is 0 Å². The van der Waals surface area contributed by atoms with Crippen molar-refractivity contribution in [1.82, 2.24) is 4.98 Å². The van der Waals surface area contributed by atoms with Crippen LogP contribution in [0.15, 0.2) is 46.9 Å². The number of benzene rings is 2. The fourth-order valence-electron chi connectivity index (χ4n) is 1.80. The SMILES string of the molecule is Cc1cccc2oc(-c3ccc(Cl)cc3)nc12. The lowest BCUT2D eigenvalue weighted by Gasteiger charge is -1.94. The van der Waals surface area contributed by atoms with Crippen molar-refractivity contribution < 1.29 is 4.42 Å². The molecule has 3 heteroatoms. The van der Waals surface area contributed by atoms with E-state index in [-0.39, 0.29) is 0 Å². The normalized spacial score (nSPS) is 10.9. The molecule has 0 fully saturated rings. The van der Waals surface area contributed by atoms with E-state index in [1.807, 2.05) is 49.4 Å². The number of fused-ring (bicyclic) bond motifs is 1. The lowest BCUT2D eigenvalue weighted by atomic mass is 10.2. The summed E-state index contributed by atoms with van der Waals surface area (Å²) in [5.74, 6) is 0.631. The Bertz CT molecular complexity index is 670. The van der Waals surface area contributed by atoms with Gasteiger partial charge in [0.25, 0.3) is 0 Å². The van der Waals surface area contributed by atoms with Crippen LogP contribution in [0, 0.1) is 6.92 Å². The topological polar surface area (TPSA) is 26.0 Å². The molecular weight excluding hydrogens is 234 g/mol. The summed E-state index contributed by atoms with van der Waals surface area (Å²) in [6.45, 7) is 2.02. The van der Waals surface area contributed by atoms with E-state index in [2.05, 4.69) is 4.98 Å². The maximum Gasteiger partial charge on any atom is 0.227 e. The number of aromatic nitrogens is 1. The molecule has 0 radical (unpaired) electrons. The Hall–Kier alpha value is -1.80. The summed E-state index contributed by atoms with van der Waals surface area (Å²) in [6, 6.07) is 13.4. The standard InChI is InChI=1S/C14H10ClNO/c1-9-3-2-4-12-13(9)16-14(17-12)10-5-7-11(15)8-6-10/h2-8H,1H3. The minimum atomic E-state index is 0.631. The molecule has 0 aliphatic carbocycles. The number of hydrogen-bond acceptors (Lipinski definition) is 2. The highest BCUT2D eigenvalue weighted by Gasteiger charge is 2.09. The summed E-state index contributed by atoms with van der Waals surface area (Å²) in [4.78, 5) is 4.50. The van der Waals surface area contributed by atoms with Crippen LogP contribution >= 0.6 is 11.6 Å². The number of aryl methyl sites for hydroxylation is 1. The summed E-state index contributed by atoms with van der Waals surface area (Å²) >= 11 is 5.85. The lowest BCUT2D eigenvalue weighted by molar-refractivity contribution is 0.620. The molecule has 0 amide bonds. The summed E-state index contributed by atoms with van der Waals surface area (Å²) in [5.41, 5.74) is 3.78. The van der Waals surface area contributed by atoms with Gasteiger partial charge in [-0.1, -0.05) is 23.7 Å². The molecule has 0 spiro atoms. The van der Waals surface area contributed by atoms with Gasteiger partial charge in [-0.3, -0.25) is 0 Å². The highest BCUT2D eigenvalue weighted by atomic mass is 35.5. The predicted molar refractivity (Wildman–Crippen MR) is 69.2 cm³/mol. The molecule has 2 nitrogen and oxygen atoms in total. The second-order valence-electron chi connectivity index (χ2n) is 3.95. The van der Waals surface area contributed by atoms with Gasteiger partial charge >= 0.3 is 0 Å². The van der Waals surface area contributed by atoms with Gasteiger partial charge in [0.15, 0.2) is 5.58 Å². The van der Waals surface area contributed by atoms with E-state index >= 15 is 0 Å². The summed E-state index contributed by atoms with van der Waals surface area (Å²) in [5, 5.41) is 0.709. The summed E-state index contributed by atoms with van der Waals surface area (Å²) in [7, 11) is 0. The maximum absolute atomic E-state index is 5.85. The van der Waals surface area contributed by atoms with Gasteiger partial charge in [-0.05, 0) is 42.8 Å². The van der Waals surface area contributed by atoms with Gasteiger partial charge in [-0.2, -0.15) is 0 Å². The minimum Gasteiger partial charge on any atom is -0.436 e. The van der Waals surface area contributed by atoms with Gasteiger partial charge in [-0.15, -0.1) is 0 Å². The molecule has 17 heavy (non-hydrogen) atoms. The largest absolute Gasteiger partial charge is 0.436 e. The average Bonchev–Trinajstić information content (AvgIpc) is 2.75. The van der Waals surface area contributed by atoms with E-state index in [4.69, 9.17) is 16.0 Å². The van der Waals surface area contributed by atoms with Gasteiger partial charge in [0.1, 0.15) is 5.52 Å². The third-order valence-electron chi connectivity index (χ3n) is 2.71. The number of halogens is 1. The fourth-order valence-corrected chi connectivity index (χ4v) is 1.93. The molecule has 3 rings (SSSR count). The molecule has 0 saturated carbocycles. The lowest BCUT2D eigenvalue weighted by Crippen LogP contribution is -1.77. The quantitative estimate of drug-likeness (QED) is 0.631. The second-order valence-corrected chi connectivity index (χ2v) is 4.38. The van der Waals surface area contributed by atoms with E-state index in [0.717, 1.165) is 22.2 Å².